The Kier molecular flexibility index (Phi) is 3.17. The molecule has 0 radical (unpaired) electrons. The van der Waals surface area contributed by atoms with Crippen molar-refractivity contribution in [3.8, 4) is 5.75 Å². The first-order chi connectivity index (χ1) is 7.93. The first-order valence-electron chi connectivity index (χ1n) is 6.43. The van der Waals surface area contributed by atoms with Crippen LogP contribution in [0, 0.1) is 13.8 Å². The average Bonchev–Trinajstić information content (AvgIpc) is 2.19. The summed E-state index contributed by atoms with van der Waals surface area (Å²) in [6.45, 7) is 9.35. The van der Waals surface area contributed by atoms with Crippen LogP contribution < -0.4 is 10.5 Å². The van der Waals surface area contributed by atoms with Crippen LogP contribution in [0.3, 0.4) is 0 Å². The predicted octanol–water partition coefficient (Wildman–Crippen LogP) is 3.30. The van der Waals surface area contributed by atoms with Crippen LogP contribution in [0.2, 0.25) is 0 Å². The van der Waals surface area contributed by atoms with Gasteiger partial charge in [0, 0.05) is 0 Å². The number of aryl methyl sites for hydroxylation is 2. The number of nitrogens with two attached hydrogens (primary N) is 1. The molecule has 0 fully saturated rings. The highest BCUT2D eigenvalue weighted by Crippen LogP contribution is 2.44. The molecule has 2 rings (SSSR count). The number of fused-ring (bicyclic) bond motifs is 1. The molecule has 0 saturated carbocycles. The van der Waals surface area contributed by atoms with Crippen molar-refractivity contribution in [3.63, 3.8) is 0 Å². The van der Waals surface area contributed by atoms with Gasteiger partial charge in [0.05, 0.1) is 0 Å². The monoisotopic (exact) mass is 233 g/mol. The highest BCUT2D eigenvalue weighted by atomic mass is 16.5. The summed E-state index contributed by atoms with van der Waals surface area (Å²) >= 11 is 0. The van der Waals surface area contributed by atoms with E-state index >= 15 is 0 Å². The van der Waals surface area contributed by atoms with Gasteiger partial charge in [0.2, 0.25) is 0 Å². The second kappa shape index (κ2) is 4.34. The molecule has 0 amide bonds. The maximum Gasteiger partial charge on any atom is 0.126 e. The van der Waals surface area contributed by atoms with E-state index in [0.29, 0.717) is 5.92 Å². The summed E-state index contributed by atoms with van der Waals surface area (Å²) in [6, 6.07) is 4.46. The molecule has 1 aromatic carbocycles. The normalized spacial score (nSPS) is 21.8. The quantitative estimate of drug-likeness (QED) is 0.850. The van der Waals surface area contributed by atoms with Crippen LogP contribution in [-0.4, -0.2) is 12.1 Å². The Labute approximate surface area is 104 Å². The van der Waals surface area contributed by atoms with Crippen molar-refractivity contribution < 1.29 is 4.74 Å². The molecule has 1 aliphatic heterocycles. The fraction of sp³-hybridized carbons (Fsp3) is 0.600. The van der Waals surface area contributed by atoms with Crippen molar-refractivity contribution in [2.75, 3.05) is 6.54 Å². The van der Waals surface area contributed by atoms with E-state index < -0.39 is 0 Å². The van der Waals surface area contributed by atoms with Gasteiger partial charge in [-0.1, -0.05) is 17.7 Å². The van der Waals surface area contributed by atoms with Crippen LogP contribution in [-0.2, 0) is 0 Å². The molecule has 2 heteroatoms. The summed E-state index contributed by atoms with van der Waals surface area (Å²) in [5.74, 6) is 1.63. The van der Waals surface area contributed by atoms with Gasteiger partial charge in [-0.25, -0.2) is 0 Å². The minimum Gasteiger partial charge on any atom is -0.487 e. The lowest BCUT2D eigenvalue weighted by atomic mass is 9.81. The molecule has 0 bridgehead atoms. The topological polar surface area (TPSA) is 35.2 Å². The van der Waals surface area contributed by atoms with Crippen LogP contribution in [0.1, 0.15) is 49.3 Å². The third-order valence-corrected chi connectivity index (χ3v) is 3.52. The summed E-state index contributed by atoms with van der Waals surface area (Å²) < 4.78 is 6.14. The van der Waals surface area contributed by atoms with E-state index in [1.807, 2.05) is 0 Å². The maximum atomic E-state index is 6.14. The van der Waals surface area contributed by atoms with Crippen molar-refractivity contribution in [2.24, 2.45) is 5.73 Å². The molecule has 0 spiro atoms. The summed E-state index contributed by atoms with van der Waals surface area (Å²) in [7, 11) is 0. The number of hydrogen-bond donors (Lipinski definition) is 1. The van der Waals surface area contributed by atoms with Crippen LogP contribution >= 0.6 is 0 Å². The summed E-state index contributed by atoms with van der Waals surface area (Å²) in [5.41, 5.74) is 9.57. The van der Waals surface area contributed by atoms with Gasteiger partial charge >= 0.3 is 0 Å². The lowest BCUT2D eigenvalue weighted by molar-refractivity contribution is 0.0699. The van der Waals surface area contributed by atoms with Crippen LogP contribution in [0.25, 0.3) is 0 Å². The molecule has 2 N–H and O–H groups in total. The molecular weight excluding hydrogens is 210 g/mol. The Bertz CT molecular complexity index is 423. The van der Waals surface area contributed by atoms with Gasteiger partial charge in [-0.15, -0.1) is 0 Å². The molecule has 1 unspecified atom stereocenters. The fourth-order valence-corrected chi connectivity index (χ4v) is 2.91. The van der Waals surface area contributed by atoms with Gasteiger partial charge in [0.15, 0.2) is 0 Å². The van der Waals surface area contributed by atoms with Crippen LogP contribution in [0.5, 0.6) is 5.75 Å². The SMILES string of the molecule is Cc1cc(C)c2c(c1)C(CCN)CC(C)(C)O2. The Morgan fingerprint density at radius 3 is 2.71 bits per heavy atom. The van der Waals surface area contributed by atoms with E-state index in [1.165, 1.54) is 16.7 Å². The second-order valence-corrected chi connectivity index (χ2v) is 5.84. The minimum atomic E-state index is -0.0765. The van der Waals surface area contributed by atoms with Crippen molar-refractivity contribution in [1.82, 2.24) is 0 Å². The number of hydrogen-bond acceptors (Lipinski definition) is 2. The van der Waals surface area contributed by atoms with E-state index in [-0.39, 0.29) is 5.60 Å². The molecule has 0 aliphatic carbocycles. The van der Waals surface area contributed by atoms with E-state index in [9.17, 15) is 0 Å². The lowest BCUT2D eigenvalue weighted by Gasteiger charge is -2.38. The minimum absolute atomic E-state index is 0.0765. The van der Waals surface area contributed by atoms with Crippen LogP contribution in [0.15, 0.2) is 12.1 Å². The standard InChI is InChI=1S/C15H23NO/c1-10-7-11(2)14-13(8-10)12(5-6-16)9-15(3,4)17-14/h7-8,12H,5-6,9,16H2,1-4H3. The van der Waals surface area contributed by atoms with Gasteiger partial charge in [-0.05, 0) is 64.1 Å². The molecule has 94 valence electrons. The third-order valence-electron chi connectivity index (χ3n) is 3.52. The van der Waals surface area contributed by atoms with E-state index in [0.717, 1.165) is 25.1 Å². The zero-order valence-electron chi connectivity index (χ0n) is 11.3. The molecule has 0 aromatic heterocycles. The molecule has 2 nitrogen and oxygen atoms in total. The Balaban J connectivity index is 2.48. The fourth-order valence-electron chi connectivity index (χ4n) is 2.91. The van der Waals surface area contributed by atoms with Gasteiger partial charge < -0.3 is 10.5 Å². The zero-order chi connectivity index (χ0) is 12.6. The van der Waals surface area contributed by atoms with Crippen molar-refractivity contribution in [1.29, 1.82) is 0 Å². The number of rotatable bonds is 2. The van der Waals surface area contributed by atoms with Gasteiger partial charge in [0.25, 0.3) is 0 Å². The highest BCUT2D eigenvalue weighted by Gasteiger charge is 2.34. The summed E-state index contributed by atoms with van der Waals surface area (Å²) in [6.07, 6.45) is 2.10. The second-order valence-electron chi connectivity index (χ2n) is 5.84. The van der Waals surface area contributed by atoms with Gasteiger partial charge in [-0.2, -0.15) is 0 Å². The van der Waals surface area contributed by atoms with Gasteiger partial charge in [0.1, 0.15) is 11.4 Å². The molecule has 1 heterocycles. The predicted molar refractivity (Wildman–Crippen MR) is 71.7 cm³/mol. The third kappa shape index (κ3) is 2.47. The first kappa shape index (κ1) is 12.4. The smallest absolute Gasteiger partial charge is 0.126 e. The Morgan fingerprint density at radius 2 is 2.06 bits per heavy atom. The molecule has 0 saturated heterocycles. The number of ether oxygens (including phenoxy) is 1. The summed E-state index contributed by atoms with van der Waals surface area (Å²) in [5, 5.41) is 0. The van der Waals surface area contributed by atoms with E-state index in [4.69, 9.17) is 10.5 Å². The molecule has 1 atom stereocenters. The lowest BCUT2D eigenvalue weighted by Crippen LogP contribution is -2.35. The van der Waals surface area contributed by atoms with Crippen molar-refractivity contribution in [2.45, 2.75) is 52.1 Å². The Morgan fingerprint density at radius 1 is 1.35 bits per heavy atom. The van der Waals surface area contributed by atoms with Gasteiger partial charge in [-0.3, -0.25) is 0 Å². The van der Waals surface area contributed by atoms with E-state index in [1.54, 1.807) is 0 Å². The molecular formula is C15H23NO. The summed E-state index contributed by atoms with van der Waals surface area (Å²) in [4.78, 5) is 0. The first-order valence-corrected chi connectivity index (χ1v) is 6.43. The zero-order valence-corrected chi connectivity index (χ0v) is 11.3. The molecule has 17 heavy (non-hydrogen) atoms. The average molecular weight is 233 g/mol. The molecule has 1 aliphatic rings. The van der Waals surface area contributed by atoms with Crippen molar-refractivity contribution in [3.05, 3.63) is 28.8 Å². The highest BCUT2D eigenvalue weighted by molar-refractivity contribution is 5.47. The van der Waals surface area contributed by atoms with Crippen molar-refractivity contribution >= 4 is 0 Å². The van der Waals surface area contributed by atoms with Crippen LogP contribution in [0.4, 0.5) is 0 Å². The maximum absolute atomic E-state index is 6.14. The number of benzene rings is 1. The molecule has 1 aromatic rings. The van der Waals surface area contributed by atoms with E-state index in [2.05, 4.69) is 39.8 Å². The Hall–Kier alpha value is -1.02. The largest absolute Gasteiger partial charge is 0.487 e.